The smallest absolute Gasteiger partial charge is 0.367 e. The second kappa shape index (κ2) is 4.75. The summed E-state index contributed by atoms with van der Waals surface area (Å²) in [5, 5.41) is -0.135. The molecule has 0 bridgehead atoms. The monoisotopic (exact) mass is 226 g/mol. The number of carbonyl (C=O) groups is 1. The first-order valence-corrected chi connectivity index (χ1v) is 6.33. The van der Waals surface area contributed by atoms with Gasteiger partial charge in [-0.05, 0) is 23.9 Å². The Balaban J connectivity index is 1.80. The van der Waals surface area contributed by atoms with Gasteiger partial charge >= 0.3 is 5.30 Å². The number of ether oxygens (including phenoxy) is 1. The number of benzene rings is 1. The normalized spacial score (nSPS) is 20.9. The van der Waals surface area contributed by atoms with Gasteiger partial charge in [0.15, 0.2) is 0 Å². The van der Waals surface area contributed by atoms with E-state index < -0.39 is 0 Å². The summed E-state index contributed by atoms with van der Waals surface area (Å²) in [6, 6.07) is 10.1. The van der Waals surface area contributed by atoms with Gasteiger partial charge in [-0.15, -0.1) is 11.8 Å². The fourth-order valence-electron chi connectivity index (χ4n) is 1.15. The van der Waals surface area contributed by atoms with Crippen LogP contribution in [0.15, 0.2) is 35.2 Å². The molecule has 1 fully saturated rings. The molecule has 1 aliphatic heterocycles. The second-order valence-electron chi connectivity index (χ2n) is 2.92. The van der Waals surface area contributed by atoms with E-state index in [1.807, 2.05) is 18.2 Å². The summed E-state index contributed by atoms with van der Waals surface area (Å²) >= 11 is 3.00. The van der Waals surface area contributed by atoms with Crippen molar-refractivity contribution in [1.29, 1.82) is 0 Å². The molecule has 14 heavy (non-hydrogen) atoms. The van der Waals surface area contributed by atoms with E-state index in [0.29, 0.717) is 0 Å². The molecule has 74 valence electrons. The maximum Gasteiger partial charge on any atom is 0.367 e. The molecule has 1 aromatic carbocycles. The molecular formula is C10H10O2S2. The maximum atomic E-state index is 10.8. The Hall–Kier alpha value is -0.610. The first-order chi connectivity index (χ1) is 6.84. The fourth-order valence-corrected chi connectivity index (χ4v) is 2.93. The van der Waals surface area contributed by atoms with E-state index >= 15 is 0 Å². The number of rotatable bonds is 3. The van der Waals surface area contributed by atoms with Gasteiger partial charge in [0.05, 0.1) is 0 Å². The topological polar surface area (TPSA) is 26.3 Å². The minimum Gasteiger partial charge on any atom is -0.452 e. The van der Waals surface area contributed by atoms with E-state index in [4.69, 9.17) is 4.74 Å². The van der Waals surface area contributed by atoms with Crippen molar-refractivity contribution in [3.8, 4) is 0 Å². The third-order valence-electron chi connectivity index (χ3n) is 1.83. The van der Waals surface area contributed by atoms with Gasteiger partial charge in [-0.1, -0.05) is 18.2 Å². The van der Waals surface area contributed by atoms with Crippen molar-refractivity contribution in [1.82, 2.24) is 0 Å². The molecule has 0 aliphatic carbocycles. The van der Waals surface area contributed by atoms with Crippen LogP contribution in [0.1, 0.15) is 0 Å². The summed E-state index contributed by atoms with van der Waals surface area (Å²) in [6.07, 6.45) is 0.0812. The molecule has 0 radical (unpaired) electrons. The third kappa shape index (κ3) is 2.69. The minimum atomic E-state index is -0.135. The van der Waals surface area contributed by atoms with E-state index in [0.717, 1.165) is 11.5 Å². The average Bonchev–Trinajstić information content (AvgIpc) is 2.63. The van der Waals surface area contributed by atoms with E-state index in [1.54, 1.807) is 11.8 Å². The zero-order valence-electron chi connectivity index (χ0n) is 7.51. The third-order valence-corrected chi connectivity index (χ3v) is 3.84. The van der Waals surface area contributed by atoms with Crippen LogP contribution in [-0.4, -0.2) is 22.9 Å². The lowest BCUT2D eigenvalue weighted by Crippen LogP contribution is -2.12. The van der Waals surface area contributed by atoms with Gasteiger partial charge in [-0.25, -0.2) is 4.79 Å². The summed E-state index contributed by atoms with van der Waals surface area (Å²) < 4.78 is 5.09. The number of hydrogen-bond donors (Lipinski definition) is 0. The highest BCUT2D eigenvalue weighted by molar-refractivity contribution is 8.13. The Morgan fingerprint density at radius 3 is 2.86 bits per heavy atom. The van der Waals surface area contributed by atoms with Gasteiger partial charge in [0.2, 0.25) is 0 Å². The number of cyclic esters (lactones) is 1. The molecule has 1 aromatic rings. The van der Waals surface area contributed by atoms with Crippen LogP contribution in [-0.2, 0) is 4.74 Å². The lowest BCUT2D eigenvalue weighted by molar-refractivity contribution is 0.155. The van der Waals surface area contributed by atoms with Crippen molar-refractivity contribution in [3.05, 3.63) is 30.3 Å². The molecule has 0 spiro atoms. The Kier molecular flexibility index (Phi) is 3.37. The summed E-state index contributed by atoms with van der Waals surface area (Å²) in [4.78, 5) is 12.0. The highest BCUT2D eigenvalue weighted by atomic mass is 32.2. The predicted octanol–water partition coefficient (Wildman–Crippen LogP) is 3.03. The van der Waals surface area contributed by atoms with Crippen LogP contribution in [0.3, 0.4) is 0 Å². The molecule has 1 saturated heterocycles. The molecule has 1 atom stereocenters. The van der Waals surface area contributed by atoms with Crippen LogP contribution in [0.5, 0.6) is 0 Å². The summed E-state index contributed by atoms with van der Waals surface area (Å²) in [5.41, 5.74) is 0. The molecule has 4 heteroatoms. The Labute approximate surface area is 91.4 Å². The van der Waals surface area contributed by atoms with E-state index in [9.17, 15) is 4.79 Å². The average molecular weight is 226 g/mol. The highest BCUT2D eigenvalue weighted by Gasteiger charge is 2.23. The number of hydrogen-bond acceptors (Lipinski definition) is 4. The fraction of sp³-hybridized carbons (Fsp3) is 0.300. The molecule has 2 rings (SSSR count). The zero-order chi connectivity index (χ0) is 9.80. The largest absolute Gasteiger partial charge is 0.452 e. The van der Waals surface area contributed by atoms with Gasteiger partial charge in [0.1, 0.15) is 6.10 Å². The Morgan fingerprint density at radius 2 is 2.21 bits per heavy atom. The molecule has 0 saturated carbocycles. The lowest BCUT2D eigenvalue weighted by Gasteiger charge is -2.06. The molecule has 2 nitrogen and oxygen atoms in total. The maximum absolute atomic E-state index is 10.8. The van der Waals surface area contributed by atoms with Crippen molar-refractivity contribution in [2.24, 2.45) is 0 Å². The van der Waals surface area contributed by atoms with Gasteiger partial charge in [-0.2, -0.15) is 0 Å². The van der Waals surface area contributed by atoms with Crippen molar-refractivity contribution in [2.75, 3.05) is 11.5 Å². The standard InChI is InChI=1S/C10H10O2S2/c11-10-12-8(7-14-10)6-13-9-4-2-1-3-5-9/h1-5,8H,6-7H2. The molecular weight excluding hydrogens is 216 g/mol. The summed E-state index contributed by atoms with van der Waals surface area (Å²) in [5.74, 6) is 1.64. The van der Waals surface area contributed by atoms with E-state index in [2.05, 4.69) is 12.1 Å². The lowest BCUT2D eigenvalue weighted by atomic mass is 10.4. The van der Waals surface area contributed by atoms with Crippen molar-refractivity contribution in [3.63, 3.8) is 0 Å². The van der Waals surface area contributed by atoms with Crippen LogP contribution in [0.2, 0.25) is 0 Å². The molecule has 1 heterocycles. The second-order valence-corrected chi connectivity index (χ2v) is 4.97. The highest BCUT2D eigenvalue weighted by Crippen LogP contribution is 2.25. The number of thioether (sulfide) groups is 2. The molecule has 1 aliphatic rings. The van der Waals surface area contributed by atoms with Crippen LogP contribution in [0, 0.1) is 0 Å². The number of carbonyl (C=O) groups excluding carboxylic acids is 1. The molecule has 1 unspecified atom stereocenters. The summed E-state index contributed by atoms with van der Waals surface area (Å²) in [7, 11) is 0. The van der Waals surface area contributed by atoms with Gasteiger partial charge in [0, 0.05) is 16.4 Å². The first-order valence-electron chi connectivity index (χ1n) is 4.36. The SMILES string of the molecule is O=C1OC(CSc2ccccc2)CS1. The molecule has 0 aromatic heterocycles. The van der Waals surface area contributed by atoms with Crippen LogP contribution in [0.4, 0.5) is 4.79 Å². The Bertz CT molecular complexity index is 313. The van der Waals surface area contributed by atoms with Crippen molar-refractivity contribution < 1.29 is 9.53 Å². The molecule has 0 N–H and O–H groups in total. The summed E-state index contributed by atoms with van der Waals surface area (Å²) in [6.45, 7) is 0. The predicted molar refractivity (Wildman–Crippen MR) is 59.9 cm³/mol. The zero-order valence-corrected chi connectivity index (χ0v) is 9.14. The van der Waals surface area contributed by atoms with Crippen LogP contribution < -0.4 is 0 Å². The van der Waals surface area contributed by atoms with Gasteiger partial charge in [-0.3, -0.25) is 0 Å². The van der Waals surface area contributed by atoms with E-state index in [1.165, 1.54) is 16.7 Å². The van der Waals surface area contributed by atoms with Gasteiger partial charge in [0.25, 0.3) is 0 Å². The molecule has 0 amide bonds. The Morgan fingerprint density at radius 1 is 1.43 bits per heavy atom. The van der Waals surface area contributed by atoms with Crippen LogP contribution >= 0.6 is 23.5 Å². The van der Waals surface area contributed by atoms with E-state index in [-0.39, 0.29) is 11.4 Å². The van der Waals surface area contributed by atoms with Crippen molar-refractivity contribution >= 4 is 28.8 Å². The quantitative estimate of drug-likeness (QED) is 0.584. The minimum absolute atomic E-state index is 0.0812. The van der Waals surface area contributed by atoms with Gasteiger partial charge < -0.3 is 4.74 Å². The van der Waals surface area contributed by atoms with Crippen molar-refractivity contribution in [2.45, 2.75) is 11.0 Å². The first kappa shape index (κ1) is 9.93. The van der Waals surface area contributed by atoms with Crippen LogP contribution in [0.25, 0.3) is 0 Å².